The van der Waals surface area contributed by atoms with E-state index in [-0.39, 0.29) is 11.2 Å². The lowest BCUT2D eigenvalue weighted by Gasteiger charge is -2.27. The monoisotopic (exact) mass is 402 g/mol. The van der Waals surface area contributed by atoms with Crippen molar-refractivity contribution in [2.24, 2.45) is 10.1 Å². The summed E-state index contributed by atoms with van der Waals surface area (Å²) in [6.45, 7) is 6.62. The van der Waals surface area contributed by atoms with Gasteiger partial charge in [0.1, 0.15) is 12.3 Å². The summed E-state index contributed by atoms with van der Waals surface area (Å²) in [5.41, 5.74) is 3.54. The predicted octanol–water partition coefficient (Wildman–Crippen LogP) is 3.87. The second kappa shape index (κ2) is 8.26. The number of benzene rings is 1. The smallest absolute Gasteiger partial charge is 0.286 e. The van der Waals surface area contributed by atoms with Gasteiger partial charge in [0.25, 0.3) is 5.96 Å². The third-order valence-corrected chi connectivity index (χ3v) is 4.80. The van der Waals surface area contributed by atoms with Crippen molar-refractivity contribution in [3.8, 4) is 5.75 Å². The van der Waals surface area contributed by atoms with Gasteiger partial charge in [0.2, 0.25) is 5.84 Å². The van der Waals surface area contributed by atoms with Crippen LogP contribution in [0.5, 0.6) is 5.75 Å². The number of aliphatic imine (C=N–C) groups is 1. The second-order valence-corrected chi connectivity index (χ2v) is 7.06. The number of nitrogens with zero attached hydrogens (tertiary/aromatic N) is 4. The molecule has 0 saturated carbocycles. The zero-order valence-electron chi connectivity index (χ0n) is 16.5. The van der Waals surface area contributed by atoms with Gasteiger partial charge < -0.3 is 15.2 Å². The molecular weight excluding hydrogens is 378 g/mol. The van der Waals surface area contributed by atoms with Crippen molar-refractivity contribution in [3.05, 3.63) is 46.7 Å². The Hall–Kier alpha value is -2.48. The fourth-order valence-electron chi connectivity index (χ4n) is 3.39. The molecule has 0 radical (unpaired) electrons. The quantitative estimate of drug-likeness (QED) is 0.719. The fourth-order valence-corrected chi connectivity index (χ4v) is 3.62. The molecular formula is C20H25ClN5O2+. The molecule has 28 heavy (non-hydrogen) atoms. The van der Waals surface area contributed by atoms with Gasteiger partial charge >= 0.3 is 0 Å². The molecule has 0 bridgehead atoms. The van der Waals surface area contributed by atoms with Gasteiger partial charge in [-0.25, -0.2) is 0 Å². The van der Waals surface area contributed by atoms with Crippen LogP contribution in [0.25, 0.3) is 0 Å². The van der Waals surface area contributed by atoms with Crippen molar-refractivity contribution in [1.82, 2.24) is 9.58 Å². The van der Waals surface area contributed by atoms with Gasteiger partial charge in [0, 0.05) is 40.3 Å². The number of anilines is 1. The molecule has 3 rings (SSSR count). The van der Waals surface area contributed by atoms with Crippen LogP contribution in [0.3, 0.4) is 0 Å². The number of guanidine groups is 1. The van der Waals surface area contributed by atoms with Crippen molar-refractivity contribution >= 4 is 34.8 Å². The van der Waals surface area contributed by atoms with Crippen molar-refractivity contribution in [3.63, 3.8) is 0 Å². The van der Waals surface area contributed by atoms with E-state index in [1.165, 1.54) is 0 Å². The summed E-state index contributed by atoms with van der Waals surface area (Å²) in [6.07, 6.45) is 0.418. The Bertz CT molecular complexity index is 924. The molecule has 0 amide bonds. The van der Waals surface area contributed by atoms with E-state index in [4.69, 9.17) is 21.4 Å². The number of pyridine rings is 1. The number of rotatable bonds is 6. The van der Waals surface area contributed by atoms with Gasteiger partial charge in [0.05, 0.1) is 20.1 Å². The van der Waals surface area contributed by atoms with E-state index in [2.05, 4.69) is 15.3 Å². The Morgan fingerprint density at radius 1 is 1.14 bits per heavy atom. The standard InChI is InChI=1S/C20H25ClN5O2/c1-5-26(17-8-13(2)22-14(3)9-17)19(6-7-27)24-20(25-26)23-16-10-15(21)11-18(12-16)28-4/h8-12,27H,5-7H2,1-4H3,(H,23,25)/q+1/t26-/m0/s1. The van der Waals surface area contributed by atoms with Crippen LogP contribution in [-0.2, 0) is 0 Å². The lowest BCUT2D eigenvalue weighted by Crippen LogP contribution is -2.48. The number of methoxy groups -OCH3 is 1. The van der Waals surface area contributed by atoms with Crippen LogP contribution in [0, 0.1) is 13.8 Å². The maximum Gasteiger partial charge on any atom is 0.286 e. The molecule has 0 spiro atoms. The topological polar surface area (TPSA) is 79.1 Å². The Labute approximate surface area is 169 Å². The number of aliphatic hydroxyl groups excluding tert-OH is 1. The van der Waals surface area contributed by atoms with Crippen LogP contribution < -0.4 is 14.6 Å². The molecule has 0 unspecified atom stereocenters. The lowest BCUT2D eigenvalue weighted by molar-refractivity contribution is 0.300. The number of hydrogen-bond acceptors (Lipinski definition) is 6. The summed E-state index contributed by atoms with van der Waals surface area (Å²) >= 11 is 6.17. The summed E-state index contributed by atoms with van der Waals surface area (Å²) in [7, 11) is 1.59. The Kier molecular flexibility index (Phi) is 5.98. The number of hydrogen-bond donors (Lipinski definition) is 2. The maximum absolute atomic E-state index is 9.58. The summed E-state index contributed by atoms with van der Waals surface area (Å²) < 4.78 is 5.47. The highest BCUT2D eigenvalue weighted by Gasteiger charge is 2.42. The van der Waals surface area contributed by atoms with Gasteiger partial charge in [-0.2, -0.15) is 4.99 Å². The summed E-state index contributed by atoms with van der Waals surface area (Å²) in [6, 6.07) is 9.37. The fraction of sp³-hybridized carbons (Fsp3) is 0.350. The maximum atomic E-state index is 9.58. The van der Waals surface area contributed by atoms with E-state index in [0.29, 0.717) is 29.7 Å². The van der Waals surface area contributed by atoms with Crippen LogP contribution in [0.1, 0.15) is 24.7 Å². The Balaban J connectivity index is 2.04. The lowest BCUT2D eigenvalue weighted by atomic mass is 10.2. The molecule has 7 nitrogen and oxygen atoms in total. The molecule has 2 heterocycles. The first-order valence-electron chi connectivity index (χ1n) is 9.15. The average molecular weight is 403 g/mol. The number of nitrogens with one attached hydrogen (secondary N) is 1. The van der Waals surface area contributed by atoms with Crippen LogP contribution >= 0.6 is 11.6 Å². The van der Waals surface area contributed by atoms with Crippen LogP contribution in [0.15, 0.2) is 40.4 Å². The molecule has 1 atom stereocenters. The van der Waals surface area contributed by atoms with Crippen LogP contribution in [-0.4, -0.2) is 42.1 Å². The van der Waals surface area contributed by atoms with Crippen molar-refractivity contribution in [1.29, 1.82) is 0 Å². The molecule has 2 N–H and O–H groups in total. The number of aromatic nitrogens is 1. The molecule has 0 saturated heterocycles. The average Bonchev–Trinajstić information content (AvgIpc) is 2.99. The molecule has 8 heteroatoms. The Morgan fingerprint density at radius 3 is 2.46 bits per heavy atom. The largest absolute Gasteiger partial charge is 0.497 e. The minimum Gasteiger partial charge on any atom is -0.497 e. The molecule has 1 aromatic carbocycles. The SMILES string of the molecule is CC[N@@+]1(c2cc(C)nc(C)c2)N=C(Nc2cc(Cl)cc(OC)c2)N=C1CCO. The summed E-state index contributed by atoms with van der Waals surface area (Å²) in [4.78, 5) is 9.15. The number of ether oxygens (including phenoxy) is 1. The minimum atomic E-state index is -0.00430. The minimum absolute atomic E-state index is 0.00430. The number of halogens is 1. The predicted molar refractivity (Wildman–Crippen MR) is 114 cm³/mol. The van der Waals surface area contributed by atoms with Crippen LogP contribution in [0.2, 0.25) is 5.02 Å². The van der Waals surface area contributed by atoms with Crippen molar-refractivity contribution < 1.29 is 9.84 Å². The van der Waals surface area contributed by atoms with Gasteiger partial charge in [-0.3, -0.25) is 4.98 Å². The first kappa shape index (κ1) is 20.3. The number of amidine groups is 1. The van der Waals surface area contributed by atoms with Crippen molar-refractivity contribution in [2.75, 3.05) is 25.6 Å². The molecule has 148 valence electrons. The highest BCUT2D eigenvalue weighted by Crippen LogP contribution is 2.32. The number of aliphatic hydroxyl groups is 1. The zero-order chi connectivity index (χ0) is 20.3. The van der Waals surface area contributed by atoms with Crippen LogP contribution in [0.4, 0.5) is 11.4 Å². The Morgan fingerprint density at radius 2 is 1.86 bits per heavy atom. The molecule has 1 aliphatic heterocycles. The second-order valence-electron chi connectivity index (χ2n) is 6.62. The first-order chi connectivity index (χ1) is 13.4. The van der Waals surface area contributed by atoms with E-state index >= 15 is 0 Å². The highest BCUT2D eigenvalue weighted by atomic mass is 35.5. The van der Waals surface area contributed by atoms with Crippen molar-refractivity contribution in [2.45, 2.75) is 27.2 Å². The summed E-state index contributed by atoms with van der Waals surface area (Å²) in [5.74, 6) is 1.87. The van der Waals surface area contributed by atoms with E-state index in [1.54, 1.807) is 19.2 Å². The molecule has 1 aromatic heterocycles. The molecule has 1 aliphatic rings. The number of aryl methyl sites for hydroxylation is 2. The third-order valence-electron chi connectivity index (χ3n) is 4.58. The molecule has 0 aliphatic carbocycles. The summed E-state index contributed by atoms with van der Waals surface area (Å²) in [5, 5.41) is 18.2. The number of quaternary nitrogens is 1. The van der Waals surface area contributed by atoms with Gasteiger partial charge in [-0.15, -0.1) is 4.59 Å². The normalized spacial score (nSPS) is 18.6. The van der Waals surface area contributed by atoms with E-state index in [1.807, 2.05) is 39.0 Å². The van der Waals surface area contributed by atoms with Gasteiger partial charge in [-0.05, 0) is 38.0 Å². The van der Waals surface area contributed by atoms with E-state index in [0.717, 1.165) is 28.6 Å². The third kappa shape index (κ3) is 4.01. The first-order valence-corrected chi connectivity index (χ1v) is 9.52. The molecule has 2 aromatic rings. The highest BCUT2D eigenvalue weighted by molar-refractivity contribution is 6.31. The van der Waals surface area contributed by atoms with E-state index in [9.17, 15) is 5.11 Å². The van der Waals surface area contributed by atoms with E-state index < -0.39 is 0 Å². The van der Waals surface area contributed by atoms with Gasteiger partial charge in [0.15, 0.2) is 5.69 Å². The van der Waals surface area contributed by atoms with Gasteiger partial charge in [-0.1, -0.05) is 11.6 Å². The molecule has 0 fully saturated rings. The zero-order valence-corrected chi connectivity index (χ0v) is 17.3.